The van der Waals surface area contributed by atoms with Gasteiger partial charge in [0.1, 0.15) is 11.5 Å². The van der Waals surface area contributed by atoms with Gasteiger partial charge in [-0.2, -0.15) is 0 Å². The fourth-order valence-electron chi connectivity index (χ4n) is 1.40. The molecule has 0 radical (unpaired) electrons. The standard InChI is InChI=1S/C8H7IO3.C7H7IO2.CH4/c1-12-8(11)5-2-3-7(10)6(9)4-5;8-6-3-5(4-9)1-2-7(6)10;/h2-4,10H,1H3;1-3,9-10H,4H2;1H4. The van der Waals surface area contributed by atoms with Crippen molar-refractivity contribution >= 4 is 51.2 Å². The van der Waals surface area contributed by atoms with Crippen LogP contribution in [0, 0.1) is 7.14 Å². The second-order valence-corrected chi connectivity index (χ2v) is 6.43. The van der Waals surface area contributed by atoms with Crippen molar-refractivity contribution in [3.8, 4) is 11.5 Å². The summed E-state index contributed by atoms with van der Waals surface area (Å²) in [6.07, 6.45) is 0. The van der Waals surface area contributed by atoms with E-state index in [1.54, 1.807) is 24.3 Å². The van der Waals surface area contributed by atoms with Crippen LogP contribution in [0.15, 0.2) is 36.4 Å². The van der Waals surface area contributed by atoms with Crippen LogP contribution >= 0.6 is 45.2 Å². The molecule has 7 heteroatoms. The third-order valence-corrected chi connectivity index (χ3v) is 4.29. The van der Waals surface area contributed by atoms with Crippen LogP contribution < -0.4 is 0 Å². The van der Waals surface area contributed by atoms with Crippen molar-refractivity contribution in [2.45, 2.75) is 14.0 Å². The van der Waals surface area contributed by atoms with E-state index < -0.39 is 5.97 Å². The third-order valence-electron chi connectivity index (χ3n) is 2.56. The molecule has 0 heterocycles. The van der Waals surface area contributed by atoms with E-state index in [4.69, 9.17) is 15.3 Å². The molecule has 0 aliphatic rings. The Morgan fingerprint density at radius 1 is 1.04 bits per heavy atom. The Hall–Kier alpha value is -1.07. The number of phenolic OH excluding ortho intramolecular Hbond substituents is 2. The van der Waals surface area contributed by atoms with Gasteiger partial charge in [-0.3, -0.25) is 0 Å². The Bertz CT molecular complexity index is 659. The zero-order valence-corrected chi connectivity index (χ0v) is 15.9. The van der Waals surface area contributed by atoms with Crippen LogP contribution in [0.3, 0.4) is 0 Å². The highest BCUT2D eigenvalue weighted by Crippen LogP contribution is 2.20. The fourth-order valence-corrected chi connectivity index (χ4v) is 2.50. The number of esters is 1. The maximum absolute atomic E-state index is 11.0. The Morgan fingerprint density at radius 2 is 1.57 bits per heavy atom. The topological polar surface area (TPSA) is 87.0 Å². The zero-order valence-electron chi connectivity index (χ0n) is 11.6. The van der Waals surface area contributed by atoms with Crippen molar-refractivity contribution < 1.29 is 24.9 Å². The summed E-state index contributed by atoms with van der Waals surface area (Å²) in [7, 11) is 1.32. The van der Waals surface area contributed by atoms with Crippen molar-refractivity contribution in [1.29, 1.82) is 0 Å². The lowest BCUT2D eigenvalue weighted by molar-refractivity contribution is 0.0600. The largest absolute Gasteiger partial charge is 0.507 e. The predicted molar refractivity (Wildman–Crippen MR) is 106 cm³/mol. The first-order valence-electron chi connectivity index (χ1n) is 6.04. The first-order valence-corrected chi connectivity index (χ1v) is 8.20. The molecule has 0 atom stereocenters. The van der Waals surface area contributed by atoms with E-state index in [9.17, 15) is 4.79 Å². The second kappa shape index (κ2) is 10.7. The molecule has 0 saturated heterocycles. The number of aliphatic hydroxyl groups excluding tert-OH is 1. The van der Waals surface area contributed by atoms with Gasteiger partial charge in [0, 0.05) is 0 Å². The van der Waals surface area contributed by atoms with Crippen molar-refractivity contribution in [3.05, 3.63) is 54.7 Å². The molecule has 0 bridgehead atoms. The van der Waals surface area contributed by atoms with Gasteiger partial charge in [-0.05, 0) is 81.1 Å². The number of halogens is 2. The second-order valence-electron chi connectivity index (χ2n) is 4.10. The van der Waals surface area contributed by atoms with Crippen LogP contribution in [0.4, 0.5) is 0 Å². The number of rotatable bonds is 2. The normalized spacial score (nSPS) is 9.22. The molecule has 23 heavy (non-hydrogen) atoms. The molecular weight excluding hydrogens is 526 g/mol. The van der Waals surface area contributed by atoms with E-state index in [-0.39, 0.29) is 25.5 Å². The summed E-state index contributed by atoms with van der Waals surface area (Å²) in [5, 5.41) is 26.9. The summed E-state index contributed by atoms with van der Waals surface area (Å²) in [6, 6.07) is 9.57. The maximum atomic E-state index is 11.0. The molecule has 5 nitrogen and oxygen atoms in total. The van der Waals surface area contributed by atoms with E-state index in [0.29, 0.717) is 9.13 Å². The highest BCUT2D eigenvalue weighted by molar-refractivity contribution is 14.1. The number of benzene rings is 2. The molecule has 2 aromatic rings. The van der Waals surface area contributed by atoms with Gasteiger partial charge in [-0.15, -0.1) is 0 Å². The van der Waals surface area contributed by atoms with Gasteiger partial charge in [-0.25, -0.2) is 4.79 Å². The minimum atomic E-state index is -0.395. The Balaban J connectivity index is 0.000000409. The summed E-state index contributed by atoms with van der Waals surface area (Å²) in [6.45, 7) is 0.0241. The lowest BCUT2D eigenvalue weighted by Crippen LogP contribution is -2.00. The molecule has 0 aliphatic heterocycles. The molecule has 0 aliphatic carbocycles. The van der Waals surface area contributed by atoms with Gasteiger partial charge in [0.05, 0.1) is 26.4 Å². The number of carbonyl (C=O) groups excluding carboxylic acids is 1. The summed E-state index contributed by atoms with van der Waals surface area (Å²) in [5.74, 6) is 0.0361. The van der Waals surface area contributed by atoms with Gasteiger partial charge in [-0.1, -0.05) is 13.5 Å². The molecule has 2 aromatic carbocycles. The maximum Gasteiger partial charge on any atom is 0.337 e. The molecular formula is C16H18I2O5. The number of aromatic hydroxyl groups is 2. The van der Waals surface area contributed by atoms with Gasteiger partial charge in [0.2, 0.25) is 0 Å². The summed E-state index contributed by atoms with van der Waals surface area (Å²) in [4.78, 5) is 11.0. The Morgan fingerprint density at radius 3 is 2.00 bits per heavy atom. The molecule has 0 fully saturated rings. The lowest BCUT2D eigenvalue weighted by atomic mass is 10.2. The third kappa shape index (κ3) is 6.92. The van der Waals surface area contributed by atoms with Crippen LogP contribution in [0.2, 0.25) is 0 Å². The number of aliphatic hydroxyl groups is 1. The fraction of sp³-hybridized carbons (Fsp3) is 0.188. The van der Waals surface area contributed by atoms with Crippen LogP contribution in [0.25, 0.3) is 0 Å². The molecule has 2 rings (SSSR count). The molecule has 0 amide bonds. The van der Waals surface area contributed by atoms with Crippen LogP contribution in [-0.2, 0) is 11.3 Å². The van der Waals surface area contributed by atoms with E-state index in [1.165, 1.54) is 19.2 Å². The van der Waals surface area contributed by atoms with Gasteiger partial charge < -0.3 is 20.1 Å². The van der Waals surface area contributed by atoms with Gasteiger partial charge in [0.15, 0.2) is 0 Å². The molecule has 126 valence electrons. The average Bonchev–Trinajstić information content (AvgIpc) is 2.52. The zero-order chi connectivity index (χ0) is 16.7. The summed E-state index contributed by atoms with van der Waals surface area (Å²) in [5.41, 5.74) is 1.27. The van der Waals surface area contributed by atoms with E-state index in [0.717, 1.165) is 9.13 Å². The number of ether oxygens (including phenoxy) is 1. The highest BCUT2D eigenvalue weighted by Gasteiger charge is 2.06. The molecule has 0 saturated carbocycles. The van der Waals surface area contributed by atoms with Crippen molar-refractivity contribution in [1.82, 2.24) is 0 Å². The van der Waals surface area contributed by atoms with Crippen molar-refractivity contribution in [3.63, 3.8) is 0 Å². The van der Waals surface area contributed by atoms with E-state index in [1.807, 2.05) is 45.2 Å². The minimum Gasteiger partial charge on any atom is -0.507 e. The minimum absolute atomic E-state index is 0. The average molecular weight is 544 g/mol. The SMILES string of the molecule is C.COC(=O)c1ccc(O)c(I)c1.OCc1ccc(O)c(I)c1. The quantitative estimate of drug-likeness (QED) is 0.395. The Labute approximate surface area is 162 Å². The number of hydrogen-bond donors (Lipinski definition) is 3. The van der Waals surface area contributed by atoms with E-state index >= 15 is 0 Å². The first kappa shape index (κ1) is 21.9. The molecule has 0 spiro atoms. The van der Waals surface area contributed by atoms with Crippen LogP contribution in [0.5, 0.6) is 11.5 Å². The van der Waals surface area contributed by atoms with Gasteiger partial charge in [0.25, 0.3) is 0 Å². The number of methoxy groups -OCH3 is 1. The smallest absolute Gasteiger partial charge is 0.337 e. The lowest BCUT2D eigenvalue weighted by Gasteiger charge is -2.00. The first-order chi connectivity index (χ1) is 10.4. The molecule has 0 unspecified atom stereocenters. The number of phenols is 2. The summed E-state index contributed by atoms with van der Waals surface area (Å²) >= 11 is 3.95. The van der Waals surface area contributed by atoms with Gasteiger partial charge >= 0.3 is 5.97 Å². The Kier molecular flexibility index (Phi) is 10.2. The van der Waals surface area contributed by atoms with Crippen molar-refractivity contribution in [2.75, 3.05) is 7.11 Å². The van der Waals surface area contributed by atoms with Crippen LogP contribution in [0.1, 0.15) is 23.3 Å². The van der Waals surface area contributed by atoms with Crippen molar-refractivity contribution in [2.24, 2.45) is 0 Å². The molecule has 0 aromatic heterocycles. The molecule has 3 N–H and O–H groups in total. The predicted octanol–water partition coefficient (Wildman–Crippen LogP) is 3.91. The monoisotopic (exact) mass is 544 g/mol. The number of carbonyl (C=O) groups is 1. The summed E-state index contributed by atoms with van der Waals surface area (Å²) < 4.78 is 5.91. The van der Waals surface area contributed by atoms with Crippen LogP contribution in [-0.4, -0.2) is 28.4 Å². The van der Waals surface area contributed by atoms with E-state index in [2.05, 4.69) is 4.74 Å². The highest BCUT2D eigenvalue weighted by atomic mass is 127. The number of hydrogen-bond acceptors (Lipinski definition) is 5.